The number of methoxy groups -OCH3 is 2. The number of nitrogens with one attached hydrogen (secondary N) is 2. The van der Waals surface area contributed by atoms with Crippen LogP contribution in [0.25, 0.3) is 0 Å². The minimum atomic E-state index is -0.604. The summed E-state index contributed by atoms with van der Waals surface area (Å²) in [5.74, 6) is 0.750. The van der Waals surface area contributed by atoms with Crippen molar-refractivity contribution in [3.05, 3.63) is 196 Å². The number of carbonyl (C=O) groups excluding carboxylic acids is 5. The van der Waals surface area contributed by atoms with Crippen LogP contribution < -0.4 is 25.0 Å². The first-order chi connectivity index (χ1) is 39.3. The maximum atomic E-state index is 13.8. The lowest BCUT2D eigenvalue weighted by Gasteiger charge is -2.39. The predicted molar refractivity (Wildman–Crippen MR) is 331 cm³/mol. The van der Waals surface area contributed by atoms with E-state index in [4.69, 9.17) is 38.4 Å². The minimum Gasteiger partial charge on any atom is -0.491 e. The maximum absolute atomic E-state index is 13.8. The molecule has 5 aliphatic rings. The molecule has 84 heavy (non-hydrogen) atoms. The van der Waals surface area contributed by atoms with Gasteiger partial charge in [0.1, 0.15) is 37.1 Å². The van der Waals surface area contributed by atoms with Gasteiger partial charge in [-0.3, -0.25) is 19.6 Å². The summed E-state index contributed by atoms with van der Waals surface area (Å²) >= 11 is 0. The van der Waals surface area contributed by atoms with Crippen LogP contribution in [0, 0.1) is 10.8 Å². The molecule has 3 amide bonds. The Hall–Kier alpha value is -7.04. The van der Waals surface area contributed by atoms with E-state index in [9.17, 15) is 24.0 Å². The molecule has 3 atom stereocenters. The van der Waals surface area contributed by atoms with Crippen molar-refractivity contribution in [3.8, 4) is 17.2 Å². The van der Waals surface area contributed by atoms with E-state index in [-0.39, 0.29) is 83.0 Å². The highest BCUT2D eigenvalue weighted by Crippen LogP contribution is 2.41. The quantitative estimate of drug-likeness (QED) is 0.0739. The fourth-order valence-corrected chi connectivity index (χ4v) is 10.7. The molecule has 0 aromatic heterocycles. The lowest BCUT2D eigenvalue weighted by Crippen LogP contribution is -2.47. The molecule has 2 fully saturated rings. The number of benzene rings is 6. The predicted octanol–water partition coefficient (Wildman–Crippen LogP) is 9.87. The minimum absolute atomic E-state index is 0. The normalized spacial score (nSPS) is 18.9. The third kappa shape index (κ3) is 15.6. The number of amides is 3. The molecule has 0 bridgehead atoms. The van der Waals surface area contributed by atoms with Gasteiger partial charge in [0.05, 0.1) is 67.4 Å². The molecule has 0 aliphatic carbocycles. The maximum Gasteiger partial charge on any atom is 0.337 e. The van der Waals surface area contributed by atoms with Crippen LogP contribution in [0.4, 0.5) is 0 Å². The van der Waals surface area contributed by atoms with Crippen molar-refractivity contribution >= 4 is 70.1 Å². The molecular weight excluding hydrogens is 1130 g/mol. The van der Waals surface area contributed by atoms with Crippen LogP contribution in [0.15, 0.2) is 146 Å². The Balaban J connectivity index is 0.000000202. The summed E-state index contributed by atoms with van der Waals surface area (Å²) in [5, 5.41) is 12.4. The highest BCUT2D eigenvalue weighted by molar-refractivity contribution is 7.59. The molecule has 448 valence electrons. The lowest BCUT2D eigenvalue weighted by atomic mass is 9.80. The van der Waals surface area contributed by atoms with E-state index in [2.05, 4.69) is 17.4 Å². The Morgan fingerprint density at radius 1 is 0.512 bits per heavy atom. The number of hydrogen-bond donors (Lipinski definition) is 3. The van der Waals surface area contributed by atoms with Crippen molar-refractivity contribution in [2.45, 2.75) is 77.3 Å². The highest BCUT2D eigenvalue weighted by atomic mass is 32.1. The number of nitrogens with zero attached hydrogens (tertiary/aromatic N) is 2. The lowest BCUT2D eigenvalue weighted by molar-refractivity contribution is -0.151. The van der Waals surface area contributed by atoms with Crippen molar-refractivity contribution in [2.75, 3.05) is 60.5 Å². The molecule has 0 saturated carbocycles. The van der Waals surface area contributed by atoms with Crippen LogP contribution in [0.5, 0.6) is 17.2 Å². The average Bonchev–Trinajstić information content (AvgIpc) is 4.18. The molecule has 11 rings (SSSR count). The monoisotopic (exact) mass is 1200 g/mol. The largest absolute Gasteiger partial charge is 0.491 e. The fraction of sp³-hybridized carbons (Fsp3) is 0.359. The van der Waals surface area contributed by atoms with Crippen molar-refractivity contribution in [2.24, 2.45) is 10.8 Å². The molecule has 6 aromatic carbocycles. The fourth-order valence-electron chi connectivity index (χ4n) is 10.7. The number of fused-ring (bicyclic) bond motifs is 3. The van der Waals surface area contributed by atoms with Crippen LogP contribution in [0.3, 0.4) is 0 Å². The van der Waals surface area contributed by atoms with E-state index in [0.29, 0.717) is 113 Å². The first kappa shape index (κ1) is 66.1. The van der Waals surface area contributed by atoms with Gasteiger partial charge in [-0.25, -0.2) is 15.1 Å². The summed E-state index contributed by atoms with van der Waals surface area (Å²) in [5.41, 5.74) is 7.92. The van der Waals surface area contributed by atoms with Crippen LogP contribution in [-0.4, -0.2) is 105 Å². The van der Waals surface area contributed by atoms with Gasteiger partial charge in [0.15, 0.2) is 0 Å². The van der Waals surface area contributed by atoms with E-state index >= 15 is 0 Å². The molecule has 20 heteroatoms. The summed E-state index contributed by atoms with van der Waals surface area (Å²) in [4.78, 5) is 66.7. The topological polar surface area (TPSA) is 201 Å². The summed E-state index contributed by atoms with van der Waals surface area (Å²) < 4.78 is 38.6. The van der Waals surface area contributed by atoms with E-state index in [0.717, 1.165) is 33.6 Å². The van der Waals surface area contributed by atoms with E-state index in [1.807, 2.05) is 115 Å². The number of rotatable bonds is 8. The zero-order valence-electron chi connectivity index (χ0n) is 47.7. The number of ether oxygens (including phenoxy) is 7. The number of hydrogen-bond acceptors (Lipinski definition) is 14. The van der Waals surface area contributed by atoms with Crippen molar-refractivity contribution in [1.29, 1.82) is 0 Å². The van der Waals surface area contributed by atoms with Crippen LogP contribution in [0.1, 0.15) is 122 Å². The highest BCUT2D eigenvalue weighted by Gasteiger charge is 2.44. The second-order valence-electron chi connectivity index (χ2n) is 21.2. The molecule has 3 N–H and O–H groups in total. The Morgan fingerprint density at radius 2 is 0.881 bits per heavy atom. The van der Waals surface area contributed by atoms with Crippen LogP contribution in [0.2, 0.25) is 0 Å². The molecule has 17 nitrogen and oxygen atoms in total. The third-order valence-electron chi connectivity index (χ3n) is 15.9. The smallest absolute Gasteiger partial charge is 0.337 e. The summed E-state index contributed by atoms with van der Waals surface area (Å²) in [6, 6.07) is 45.4. The standard InChI is InChI=1S/C24H27NO5.C23H26N2O5.C17H17NO3.3H2S/c1-24(10-12-29-13-11-24)23(27)25-15-19-9-8-18(22(26)28-2)14-21(19)30-16-20(25)17-6-4-3-5-7-17;1-23(9-11-29-12-10-23)22(27)25-14-18-8-7-17(21(26)24-28)13-20(18)30-15-19(25)16-5-3-2-4-6-16;1-20-17(19)13-7-8-14-10-18-15(11-21-16(14)9-13)12-5-3-2-4-6-12;;;/h3-9,14,20H,10-13,15-16H2,1-2H3;2-8,13,19,28H,9-12,14-15H2,1H3,(H,24,26);2-9,15,18H,10-11H2,1H3;3*1H2/t20-;19-;15-;;;/m111.../s1. The van der Waals surface area contributed by atoms with Gasteiger partial charge in [0.25, 0.3) is 5.91 Å². The zero-order valence-corrected chi connectivity index (χ0v) is 50.7. The number of carbonyl (C=O) groups is 5. The summed E-state index contributed by atoms with van der Waals surface area (Å²) in [7, 11) is 2.73. The number of hydroxylamine groups is 1. The Kier molecular flexibility index (Phi) is 24.1. The Bertz CT molecular complexity index is 3010. The van der Waals surface area contributed by atoms with Crippen LogP contribution >= 0.6 is 40.5 Å². The Morgan fingerprint density at radius 3 is 1.30 bits per heavy atom. The van der Waals surface area contributed by atoms with Gasteiger partial charge < -0.3 is 48.3 Å². The van der Waals surface area contributed by atoms with Crippen LogP contribution in [-0.2, 0) is 48.2 Å². The second kappa shape index (κ2) is 30.7. The first-order valence-corrected chi connectivity index (χ1v) is 27.4. The van der Waals surface area contributed by atoms with E-state index in [1.165, 1.54) is 19.8 Å². The summed E-state index contributed by atoms with van der Waals surface area (Å²) in [6.07, 6.45) is 2.79. The van der Waals surface area contributed by atoms with E-state index in [1.54, 1.807) is 47.9 Å². The number of esters is 2. The molecule has 0 unspecified atom stereocenters. The molecule has 6 aromatic rings. The SMILES string of the molecule is CC1(C(=O)N2Cc3ccc(C(=O)NO)cc3OC[C@@H]2c2ccccc2)CCOCC1.COC(=O)c1ccc2c(c1)OC[C@H](c1ccccc1)N(C(=O)C1(C)CCOCC1)C2.COC(=O)c1ccc2c(c1)OC[C@H](c1ccccc1)NC2.S.S.S. The van der Waals surface area contributed by atoms with Gasteiger partial charge in [-0.2, -0.15) is 40.5 Å². The van der Waals surface area contributed by atoms with E-state index < -0.39 is 22.7 Å². The van der Waals surface area contributed by atoms with Crippen molar-refractivity contribution in [3.63, 3.8) is 0 Å². The molecule has 2 saturated heterocycles. The second-order valence-corrected chi connectivity index (χ2v) is 21.2. The molecule has 0 spiro atoms. The third-order valence-corrected chi connectivity index (χ3v) is 15.9. The summed E-state index contributed by atoms with van der Waals surface area (Å²) in [6.45, 7) is 9.05. The molecule has 0 radical (unpaired) electrons. The first-order valence-electron chi connectivity index (χ1n) is 27.4. The Labute approximate surface area is 511 Å². The van der Waals surface area contributed by atoms with Gasteiger partial charge in [-0.15, -0.1) is 0 Å². The average molecular weight is 1210 g/mol. The van der Waals surface area contributed by atoms with Gasteiger partial charge in [-0.1, -0.05) is 123 Å². The molecular formula is C64H76N4O13S3. The van der Waals surface area contributed by atoms with Gasteiger partial charge in [0, 0.05) is 55.2 Å². The van der Waals surface area contributed by atoms with Gasteiger partial charge in [0.2, 0.25) is 11.8 Å². The van der Waals surface area contributed by atoms with Gasteiger partial charge >= 0.3 is 11.9 Å². The molecule has 5 aliphatic heterocycles. The van der Waals surface area contributed by atoms with Gasteiger partial charge in [-0.05, 0) is 78.8 Å². The molecule has 5 heterocycles. The van der Waals surface area contributed by atoms with Crippen molar-refractivity contribution in [1.82, 2.24) is 20.6 Å². The van der Waals surface area contributed by atoms with Crippen molar-refractivity contribution < 1.29 is 62.3 Å². The zero-order chi connectivity index (χ0) is 56.9.